The Morgan fingerprint density at radius 2 is 2.03 bits per heavy atom. The molecule has 3 rings (SSSR count). The fourth-order valence-corrected chi connectivity index (χ4v) is 4.06. The van der Waals surface area contributed by atoms with Gasteiger partial charge in [0, 0.05) is 16.6 Å². The van der Waals surface area contributed by atoms with Gasteiger partial charge in [0.25, 0.3) is 0 Å². The lowest BCUT2D eigenvalue weighted by Gasteiger charge is -2.10. The Bertz CT molecular complexity index is 1080. The smallest absolute Gasteiger partial charge is 0.387 e. The van der Waals surface area contributed by atoms with Gasteiger partial charge in [0.2, 0.25) is 5.91 Å². The number of amides is 1. The van der Waals surface area contributed by atoms with Crippen molar-refractivity contribution < 1.29 is 18.3 Å². The molecule has 0 fully saturated rings. The molecule has 3 aromatic rings. The molecule has 0 radical (unpaired) electrons. The van der Waals surface area contributed by atoms with Crippen molar-refractivity contribution in [3.63, 3.8) is 0 Å². The number of ether oxygens (including phenoxy) is 1. The molecule has 0 aliphatic heterocycles. The number of benzene rings is 2. The molecule has 0 unspecified atom stereocenters. The van der Waals surface area contributed by atoms with Crippen LogP contribution in [0.1, 0.15) is 0 Å². The van der Waals surface area contributed by atoms with Crippen molar-refractivity contribution in [3.8, 4) is 17.1 Å². The lowest BCUT2D eigenvalue weighted by molar-refractivity contribution is -0.113. The summed E-state index contributed by atoms with van der Waals surface area (Å²) < 4.78 is 31.6. The Morgan fingerprint density at radius 3 is 2.68 bits per heavy atom. The molecular formula is C20H16BrClF2N4O2S. The number of alkyl halides is 2. The van der Waals surface area contributed by atoms with Crippen molar-refractivity contribution in [3.05, 3.63) is 64.6 Å². The first-order valence-corrected chi connectivity index (χ1v) is 11.0. The van der Waals surface area contributed by atoms with Crippen molar-refractivity contribution in [2.24, 2.45) is 0 Å². The number of aromatic nitrogens is 3. The number of allylic oxidation sites excluding steroid dienone is 1. The summed E-state index contributed by atoms with van der Waals surface area (Å²) in [5.74, 6) is 0.397. The Kier molecular flexibility index (Phi) is 8.05. The highest BCUT2D eigenvalue weighted by Crippen LogP contribution is 2.28. The number of thioether (sulfide) groups is 1. The minimum atomic E-state index is -2.89. The number of hydrogen-bond donors (Lipinski definition) is 1. The first kappa shape index (κ1) is 23.2. The van der Waals surface area contributed by atoms with Gasteiger partial charge in [-0.2, -0.15) is 8.78 Å². The summed E-state index contributed by atoms with van der Waals surface area (Å²) in [6, 6.07) is 11.2. The molecule has 1 amide bonds. The van der Waals surface area contributed by atoms with Crippen molar-refractivity contribution >= 4 is 50.9 Å². The fourth-order valence-electron chi connectivity index (χ4n) is 2.60. The minimum Gasteiger partial charge on any atom is -0.435 e. The molecule has 1 aromatic heterocycles. The quantitative estimate of drug-likeness (QED) is 0.277. The number of anilines is 1. The second-order valence-corrected chi connectivity index (χ2v) is 8.33. The lowest BCUT2D eigenvalue weighted by Crippen LogP contribution is -2.15. The van der Waals surface area contributed by atoms with Crippen LogP contribution in [0.4, 0.5) is 14.5 Å². The first-order valence-electron chi connectivity index (χ1n) is 8.84. The first-order chi connectivity index (χ1) is 14.9. The normalized spacial score (nSPS) is 10.9. The number of carbonyl (C=O) groups excluding carboxylic acids is 1. The Balaban J connectivity index is 1.71. The van der Waals surface area contributed by atoms with Crippen LogP contribution in [0.3, 0.4) is 0 Å². The molecule has 6 nitrogen and oxygen atoms in total. The highest BCUT2D eigenvalue weighted by atomic mass is 79.9. The van der Waals surface area contributed by atoms with Crippen molar-refractivity contribution in [2.75, 3.05) is 11.1 Å². The highest BCUT2D eigenvalue weighted by Gasteiger charge is 2.16. The van der Waals surface area contributed by atoms with E-state index in [2.05, 4.69) is 42.8 Å². The average Bonchev–Trinajstić information content (AvgIpc) is 3.12. The number of hydrogen-bond acceptors (Lipinski definition) is 5. The summed E-state index contributed by atoms with van der Waals surface area (Å²) in [5, 5.41) is 12.0. The largest absolute Gasteiger partial charge is 0.435 e. The van der Waals surface area contributed by atoms with Crippen LogP contribution in [0, 0.1) is 0 Å². The van der Waals surface area contributed by atoms with E-state index in [1.54, 1.807) is 41.0 Å². The van der Waals surface area contributed by atoms with Gasteiger partial charge in [-0.3, -0.25) is 9.36 Å². The average molecular weight is 530 g/mol. The summed E-state index contributed by atoms with van der Waals surface area (Å²) in [7, 11) is 0. The predicted octanol–water partition coefficient (Wildman–Crippen LogP) is 5.88. The third-order valence-electron chi connectivity index (χ3n) is 3.90. The molecule has 0 saturated carbocycles. The zero-order valence-electron chi connectivity index (χ0n) is 15.9. The van der Waals surface area contributed by atoms with E-state index in [4.69, 9.17) is 11.6 Å². The summed E-state index contributed by atoms with van der Waals surface area (Å²) in [6.45, 7) is 1.25. The predicted molar refractivity (Wildman–Crippen MR) is 121 cm³/mol. The Morgan fingerprint density at radius 1 is 1.29 bits per heavy atom. The zero-order chi connectivity index (χ0) is 22.4. The van der Waals surface area contributed by atoms with Crippen LogP contribution in [0.15, 0.2) is 64.7 Å². The molecule has 0 bridgehead atoms. The third-order valence-corrected chi connectivity index (χ3v) is 5.68. The van der Waals surface area contributed by atoms with Gasteiger partial charge in [-0.15, -0.1) is 16.8 Å². The van der Waals surface area contributed by atoms with Crippen LogP contribution in [0.5, 0.6) is 5.75 Å². The van der Waals surface area contributed by atoms with Gasteiger partial charge < -0.3 is 10.1 Å². The van der Waals surface area contributed by atoms with E-state index in [1.807, 2.05) is 0 Å². The van der Waals surface area contributed by atoms with Crippen LogP contribution < -0.4 is 10.1 Å². The van der Waals surface area contributed by atoms with Crippen LogP contribution in [-0.2, 0) is 11.3 Å². The van der Waals surface area contributed by atoms with E-state index in [-0.39, 0.29) is 17.4 Å². The molecule has 162 valence electrons. The summed E-state index contributed by atoms with van der Waals surface area (Å²) >= 11 is 10.6. The van der Waals surface area contributed by atoms with E-state index in [1.165, 1.54) is 23.9 Å². The minimum absolute atomic E-state index is 0.0476. The maximum absolute atomic E-state index is 12.3. The number of nitrogens with one attached hydrogen (secondary N) is 1. The summed E-state index contributed by atoms with van der Waals surface area (Å²) in [6.07, 6.45) is 1.67. The van der Waals surface area contributed by atoms with Gasteiger partial charge in [-0.05, 0) is 42.5 Å². The van der Waals surface area contributed by atoms with Crippen molar-refractivity contribution in [2.45, 2.75) is 18.3 Å². The molecule has 1 N–H and O–H groups in total. The van der Waals surface area contributed by atoms with Crippen LogP contribution in [-0.4, -0.2) is 33.0 Å². The Labute approximate surface area is 194 Å². The van der Waals surface area contributed by atoms with E-state index in [0.29, 0.717) is 33.8 Å². The number of halogens is 4. The molecule has 0 saturated heterocycles. The number of carbonyl (C=O) groups is 1. The fraction of sp³-hybridized carbons (Fsp3) is 0.150. The molecule has 0 aliphatic carbocycles. The topological polar surface area (TPSA) is 69.0 Å². The van der Waals surface area contributed by atoms with Gasteiger partial charge >= 0.3 is 6.61 Å². The second kappa shape index (κ2) is 10.7. The SMILES string of the molecule is C=CCn1c(SCC(=O)Nc2ccc(Br)cc2Cl)nnc1-c1ccc(OC(F)F)cc1. The van der Waals surface area contributed by atoms with Crippen LogP contribution >= 0.6 is 39.3 Å². The maximum atomic E-state index is 12.3. The van der Waals surface area contributed by atoms with Gasteiger partial charge in [0.1, 0.15) is 5.75 Å². The second-order valence-electron chi connectivity index (χ2n) is 6.07. The maximum Gasteiger partial charge on any atom is 0.387 e. The molecule has 1 heterocycles. The summed E-state index contributed by atoms with van der Waals surface area (Å²) in [4.78, 5) is 12.3. The monoisotopic (exact) mass is 528 g/mol. The van der Waals surface area contributed by atoms with E-state index in [9.17, 15) is 13.6 Å². The highest BCUT2D eigenvalue weighted by molar-refractivity contribution is 9.10. The molecule has 0 spiro atoms. The van der Waals surface area contributed by atoms with Crippen molar-refractivity contribution in [1.29, 1.82) is 0 Å². The van der Waals surface area contributed by atoms with Gasteiger partial charge in [-0.1, -0.05) is 45.4 Å². The molecule has 0 atom stereocenters. The third kappa shape index (κ3) is 6.28. The van der Waals surface area contributed by atoms with Gasteiger partial charge in [-0.25, -0.2) is 0 Å². The van der Waals surface area contributed by atoms with Gasteiger partial charge in [0.05, 0.1) is 16.5 Å². The molecule has 11 heteroatoms. The summed E-state index contributed by atoms with van der Waals surface area (Å²) in [5.41, 5.74) is 1.17. The van der Waals surface area contributed by atoms with E-state index in [0.717, 1.165) is 4.47 Å². The standard InChI is InChI=1S/C20H16BrClF2N4O2S/c1-2-9-28-18(12-3-6-14(7-4-12)30-19(23)24)26-27-20(28)31-11-17(29)25-16-8-5-13(21)10-15(16)22/h2-8,10,19H,1,9,11H2,(H,25,29). The molecular weight excluding hydrogens is 514 g/mol. The van der Waals surface area contributed by atoms with Crippen LogP contribution in [0.2, 0.25) is 5.02 Å². The van der Waals surface area contributed by atoms with E-state index < -0.39 is 6.61 Å². The van der Waals surface area contributed by atoms with E-state index >= 15 is 0 Å². The molecule has 31 heavy (non-hydrogen) atoms. The Hall–Kier alpha value is -2.43. The zero-order valence-corrected chi connectivity index (χ0v) is 19.1. The molecule has 2 aromatic carbocycles. The number of nitrogens with zero attached hydrogens (tertiary/aromatic N) is 3. The van der Waals surface area contributed by atoms with Gasteiger partial charge in [0.15, 0.2) is 11.0 Å². The lowest BCUT2D eigenvalue weighted by atomic mass is 10.2. The van der Waals surface area contributed by atoms with Crippen LogP contribution in [0.25, 0.3) is 11.4 Å². The number of rotatable bonds is 9. The van der Waals surface area contributed by atoms with Crippen molar-refractivity contribution in [1.82, 2.24) is 14.8 Å². The molecule has 0 aliphatic rings.